The van der Waals surface area contributed by atoms with Gasteiger partial charge in [-0.05, 0) is 55.3 Å². The van der Waals surface area contributed by atoms with Crippen molar-refractivity contribution >= 4 is 23.2 Å². The molecule has 5 rings (SSSR count). The van der Waals surface area contributed by atoms with Gasteiger partial charge in [0.05, 0.1) is 24.0 Å². The maximum atomic E-state index is 13.6. The number of carbonyl (C=O) groups is 2. The van der Waals surface area contributed by atoms with Gasteiger partial charge in [0.25, 0.3) is 5.91 Å². The van der Waals surface area contributed by atoms with Crippen molar-refractivity contribution < 1.29 is 19.2 Å². The average Bonchev–Trinajstić information content (AvgIpc) is 3.35. The van der Waals surface area contributed by atoms with Crippen molar-refractivity contribution in [2.75, 3.05) is 16.6 Å². The Hall–Kier alpha value is -3.64. The molecule has 3 atom stereocenters. The number of aryl methyl sites for hydroxylation is 1. The fraction of sp³-hybridized carbons (Fsp3) is 0.259. The number of para-hydroxylation sites is 1. The molecule has 2 amide bonds. The van der Waals surface area contributed by atoms with Crippen LogP contribution in [0, 0.1) is 12.8 Å². The molecule has 0 unspecified atom stereocenters. The van der Waals surface area contributed by atoms with Gasteiger partial charge in [-0.1, -0.05) is 55.0 Å². The molecule has 0 spiro atoms. The number of amides is 2. The third kappa shape index (κ3) is 3.76. The molecule has 0 radical (unpaired) electrons. The highest BCUT2D eigenvalue weighted by molar-refractivity contribution is 6.23. The molecule has 33 heavy (non-hydrogen) atoms. The number of nitrogens with zero attached hydrogens (tertiary/aromatic N) is 2. The Bertz CT molecular complexity index is 1150. The number of anilines is 2. The first-order valence-electron chi connectivity index (χ1n) is 11.3. The minimum atomic E-state index is -0.875. The monoisotopic (exact) mass is 442 g/mol. The first kappa shape index (κ1) is 21.2. The van der Waals surface area contributed by atoms with E-state index in [1.165, 1.54) is 4.90 Å². The Balaban J connectivity index is 1.49. The summed E-state index contributed by atoms with van der Waals surface area (Å²) in [6.07, 6.45) is 0.0316. The third-order valence-electron chi connectivity index (χ3n) is 6.11. The predicted octanol–water partition coefficient (Wildman–Crippen LogP) is 4.83. The van der Waals surface area contributed by atoms with E-state index in [0.29, 0.717) is 18.0 Å². The highest BCUT2D eigenvalue weighted by Crippen LogP contribution is 2.47. The van der Waals surface area contributed by atoms with E-state index in [4.69, 9.17) is 9.57 Å². The van der Waals surface area contributed by atoms with Crippen LogP contribution in [-0.2, 0) is 14.4 Å². The van der Waals surface area contributed by atoms with Gasteiger partial charge in [-0.25, -0.2) is 9.96 Å². The van der Waals surface area contributed by atoms with Crippen LogP contribution in [-0.4, -0.2) is 24.5 Å². The molecule has 3 aromatic carbocycles. The van der Waals surface area contributed by atoms with Crippen molar-refractivity contribution in [2.24, 2.45) is 5.92 Å². The van der Waals surface area contributed by atoms with Gasteiger partial charge in [-0.3, -0.25) is 14.4 Å². The van der Waals surface area contributed by atoms with E-state index in [0.717, 1.165) is 23.2 Å². The molecule has 2 heterocycles. The van der Waals surface area contributed by atoms with Crippen LogP contribution >= 0.6 is 0 Å². The van der Waals surface area contributed by atoms with Gasteiger partial charge in [-0.15, -0.1) is 0 Å². The molecule has 168 valence electrons. The van der Waals surface area contributed by atoms with E-state index in [9.17, 15) is 9.59 Å². The molecule has 2 fully saturated rings. The van der Waals surface area contributed by atoms with Crippen LogP contribution in [0.15, 0.2) is 78.9 Å². The van der Waals surface area contributed by atoms with Gasteiger partial charge >= 0.3 is 0 Å². The standard InChI is InChI=1S/C27H26N2O4/c1-3-17-32-22-15-13-20(14-16-22)28-26(30)23-24(19-11-9-18(2)10-12-19)29(33-25(23)27(28)31)21-7-5-4-6-8-21/h4-16,23-25H,3,17H2,1-2H3/t23-,24-,25+/m0/s1. The third-order valence-corrected chi connectivity index (χ3v) is 6.11. The van der Waals surface area contributed by atoms with Gasteiger partial charge in [0.1, 0.15) is 11.7 Å². The van der Waals surface area contributed by atoms with Crippen LogP contribution < -0.4 is 14.7 Å². The van der Waals surface area contributed by atoms with Crippen LogP contribution in [0.5, 0.6) is 5.75 Å². The predicted molar refractivity (Wildman–Crippen MR) is 126 cm³/mol. The van der Waals surface area contributed by atoms with E-state index in [2.05, 4.69) is 0 Å². The largest absolute Gasteiger partial charge is 0.494 e. The van der Waals surface area contributed by atoms with E-state index < -0.39 is 18.1 Å². The summed E-state index contributed by atoms with van der Waals surface area (Å²) in [5.41, 5.74) is 3.40. The molecule has 0 N–H and O–H groups in total. The lowest BCUT2D eigenvalue weighted by Gasteiger charge is -2.28. The van der Waals surface area contributed by atoms with Gasteiger partial charge in [-0.2, -0.15) is 0 Å². The second-order valence-electron chi connectivity index (χ2n) is 8.42. The summed E-state index contributed by atoms with van der Waals surface area (Å²) in [4.78, 5) is 34.5. The first-order chi connectivity index (χ1) is 16.1. The number of hydrogen-bond donors (Lipinski definition) is 0. The zero-order valence-corrected chi connectivity index (χ0v) is 18.7. The zero-order chi connectivity index (χ0) is 22.9. The van der Waals surface area contributed by atoms with Gasteiger partial charge in [0.15, 0.2) is 6.10 Å². The molecular weight excluding hydrogens is 416 g/mol. The summed E-state index contributed by atoms with van der Waals surface area (Å²) in [6.45, 7) is 4.68. The number of fused-ring (bicyclic) bond motifs is 1. The number of carbonyl (C=O) groups excluding carboxylic acids is 2. The summed E-state index contributed by atoms with van der Waals surface area (Å²) in [7, 11) is 0. The lowest BCUT2D eigenvalue weighted by atomic mass is 9.90. The number of imide groups is 1. The average molecular weight is 443 g/mol. The summed E-state index contributed by atoms with van der Waals surface area (Å²) < 4.78 is 5.63. The summed E-state index contributed by atoms with van der Waals surface area (Å²) in [6, 6.07) is 24.3. The molecule has 3 aromatic rings. The van der Waals surface area contributed by atoms with Crippen molar-refractivity contribution in [3.8, 4) is 5.75 Å². The normalized spacial score (nSPS) is 22.1. The Labute approximate surface area is 193 Å². The zero-order valence-electron chi connectivity index (χ0n) is 18.7. The summed E-state index contributed by atoms with van der Waals surface area (Å²) in [5, 5.41) is 1.72. The van der Waals surface area contributed by atoms with Crippen LogP contribution in [0.25, 0.3) is 0 Å². The number of hydroxylamine groups is 1. The SMILES string of the molecule is CCCOc1ccc(N2C(=O)[C@@H]3[C@@H](ON(c4ccccc4)[C@H]3c3ccc(C)cc3)C2=O)cc1. The van der Waals surface area contributed by atoms with Crippen LogP contribution in [0.4, 0.5) is 11.4 Å². The number of benzene rings is 3. The fourth-order valence-electron chi connectivity index (χ4n) is 4.48. The topological polar surface area (TPSA) is 59.1 Å². The van der Waals surface area contributed by atoms with Crippen LogP contribution in [0.3, 0.4) is 0 Å². The van der Waals surface area contributed by atoms with E-state index in [1.54, 1.807) is 29.3 Å². The molecule has 6 heteroatoms. The Morgan fingerprint density at radius 2 is 1.55 bits per heavy atom. The fourth-order valence-corrected chi connectivity index (χ4v) is 4.48. The number of ether oxygens (including phenoxy) is 1. The van der Waals surface area contributed by atoms with Crippen LogP contribution in [0.1, 0.15) is 30.5 Å². The lowest BCUT2D eigenvalue weighted by Crippen LogP contribution is -2.37. The Morgan fingerprint density at radius 3 is 2.21 bits per heavy atom. The van der Waals surface area contributed by atoms with Crippen molar-refractivity contribution in [3.63, 3.8) is 0 Å². The van der Waals surface area contributed by atoms with Crippen LogP contribution in [0.2, 0.25) is 0 Å². The minimum absolute atomic E-state index is 0.253. The second kappa shape index (κ2) is 8.71. The summed E-state index contributed by atoms with van der Waals surface area (Å²) >= 11 is 0. The van der Waals surface area contributed by atoms with Crippen molar-refractivity contribution in [3.05, 3.63) is 90.0 Å². The molecule has 2 saturated heterocycles. The van der Waals surface area contributed by atoms with E-state index >= 15 is 0 Å². The molecule has 2 aliphatic heterocycles. The van der Waals surface area contributed by atoms with Crippen molar-refractivity contribution in [2.45, 2.75) is 32.4 Å². The smallest absolute Gasteiger partial charge is 0.266 e. The van der Waals surface area contributed by atoms with Gasteiger partial charge in [0.2, 0.25) is 5.91 Å². The quantitative estimate of drug-likeness (QED) is 0.512. The second-order valence-corrected chi connectivity index (χ2v) is 8.42. The maximum Gasteiger partial charge on any atom is 0.266 e. The molecular formula is C27H26N2O4. The molecule has 0 bridgehead atoms. The van der Waals surface area contributed by atoms with E-state index in [1.807, 2.05) is 68.4 Å². The number of rotatable bonds is 6. The first-order valence-corrected chi connectivity index (χ1v) is 11.3. The van der Waals surface area contributed by atoms with Crippen molar-refractivity contribution in [1.29, 1.82) is 0 Å². The van der Waals surface area contributed by atoms with Crippen molar-refractivity contribution in [1.82, 2.24) is 0 Å². The number of hydrogen-bond acceptors (Lipinski definition) is 5. The summed E-state index contributed by atoms with van der Waals surface area (Å²) in [5.74, 6) is -0.528. The Morgan fingerprint density at radius 1 is 0.848 bits per heavy atom. The van der Waals surface area contributed by atoms with E-state index in [-0.39, 0.29) is 11.8 Å². The molecule has 0 aromatic heterocycles. The van der Waals surface area contributed by atoms with Gasteiger partial charge in [0, 0.05) is 0 Å². The molecule has 0 saturated carbocycles. The highest BCUT2D eigenvalue weighted by atomic mass is 16.7. The maximum absolute atomic E-state index is 13.6. The van der Waals surface area contributed by atoms with Gasteiger partial charge < -0.3 is 4.74 Å². The minimum Gasteiger partial charge on any atom is -0.494 e. The lowest BCUT2D eigenvalue weighted by molar-refractivity contribution is -0.126. The molecule has 6 nitrogen and oxygen atoms in total. The Kier molecular flexibility index (Phi) is 5.60. The molecule has 0 aliphatic carbocycles. The molecule has 2 aliphatic rings. The highest BCUT2D eigenvalue weighted by Gasteiger charge is 2.60.